The summed E-state index contributed by atoms with van der Waals surface area (Å²) >= 11 is 0. The van der Waals surface area contributed by atoms with E-state index in [-0.39, 0.29) is 23.8 Å². The van der Waals surface area contributed by atoms with E-state index in [9.17, 15) is 9.59 Å². The van der Waals surface area contributed by atoms with Gasteiger partial charge in [0.05, 0.1) is 6.04 Å². The van der Waals surface area contributed by atoms with Crippen molar-refractivity contribution in [2.75, 3.05) is 11.9 Å². The molecule has 1 atom stereocenters. The summed E-state index contributed by atoms with van der Waals surface area (Å²) in [4.78, 5) is 25.3. The molecule has 5 nitrogen and oxygen atoms in total. The Morgan fingerprint density at radius 1 is 0.968 bits per heavy atom. The maximum Gasteiger partial charge on any atom is 0.237 e. The van der Waals surface area contributed by atoms with Crippen LogP contribution in [0.3, 0.4) is 0 Å². The molecule has 0 bridgehead atoms. The summed E-state index contributed by atoms with van der Waals surface area (Å²) in [5, 5.41) is 9.60. The maximum absolute atomic E-state index is 12.7. The van der Waals surface area contributed by atoms with Gasteiger partial charge in [0.2, 0.25) is 11.8 Å². The second-order valence-electron chi connectivity index (χ2n) is 9.18. The largest absolute Gasteiger partial charge is 0.354 e. The number of anilines is 1. The molecule has 1 aliphatic carbocycles. The van der Waals surface area contributed by atoms with Crippen molar-refractivity contribution >= 4 is 17.5 Å². The van der Waals surface area contributed by atoms with Crippen LogP contribution in [-0.2, 0) is 22.6 Å². The lowest BCUT2D eigenvalue weighted by molar-refractivity contribution is -0.124. The van der Waals surface area contributed by atoms with E-state index >= 15 is 0 Å². The lowest BCUT2D eigenvalue weighted by Crippen LogP contribution is -2.48. The van der Waals surface area contributed by atoms with Gasteiger partial charge in [-0.15, -0.1) is 0 Å². The third-order valence-corrected chi connectivity index (χ3v) is 6.82. The second-order valence-corrected chi connectivity index (χ2v) is 9.18. The van der Waals surface area contributed by atoms with Gasteiger partial charge in [0, 0.05) is 24.7 Å². The van der Waals surface area contributed by atoms with Gasteiger partial charge in [0.25, 0.3) is 0 Å². The van der Waals surface area contributed by atoms with Gasteiger partial charge in [-0.2, -0.15) is 0 Å². The summed E-state index contributed by atoms with van der Waals surface area (Å²) in [7, 11) is 0. The first-order valence-electron chi connectivity index (χ1n) is 11.5. The number of carbonyl (C=O) groups is 2. The van der Waals surface area contributed by atoms with Gasteiger partial charge in [-0.05, 0) is 74.6 Å². The molecule has 2 aromatic carbocycles. The molecule has 0 unspecified atom stereocenters. The summed E-state index contributed by atoms with van der Waals surface area (Å²) in [5.41, 5.74) is 5.75. The molecule has 1 aliphatic heterocycles. The van der Waals surface area contributed by atoms with E-state index in [1.54, 1.807) is 0 Å². The Bertz CT molecular complexity index is 947. The lowest BCUT2D eigenvalue weighted by atomic mass is 9.81. The Labute approximate surface area is 185 Å². The minimum absolute atomic E-state index is 0.0594. The van der Waals surface area contributed by atoms with Gasteiger partial charge < -0.3 is 16.0 Å². The highest BCUT2D eigenvalue weighted by Gasteiger charge is 2.28. The summed E-state index contributed by atoms with van der Waals surface area (Å²) in [5.74, 6) is 0.720. The first kappa shape index (κ1) is 21.6. The normalized spacial score (nSPS) is 23.0. The zero-order valence-electron chi connectivity index (χ0n) is 18.5. The number of aryl methyl sites for hydroxylation is 2. The van der Waals surface area contributed by atoms with Crippen molar-refractivity contribution in [1.29, 1.82) is 0 Å². The average Bonchev–Trinajstić information content (AvgIpc) is 2.79. The van der Waals surface area contributed by atoms with E-state index in [0.29, 0.717) is 12.5 Å². The highest BCUT2D eigenvalue weighted by molar-refractivity contribution is 5.93. The smallest absolute Gasteiger partial charge is 0.237 e. The first-order chi connectivity index (χ1) is 15.0. The Hall–Kier alpha value is -2.66. The number of nitrogens with one attached hydrogen (secondary N) is 3. The monoisotopic (exact) mass is 419 g/mol. The molecule has 0 aromatic heterocycles. The van der Waals surface area contributed by atoms with Gasteiger partial charge in [-0.3, -0.25) is 9.59 Å². The third-order valence-electron chi connectivity index (χ3n) is 6.82. The number of hydrogen-bond donors (Lipinski definition) is 3. The molecule has 1 fully saturated rings. The Morgan fingerprint density at radius 2 is 1.71 bits per heavy atom. The van der Waals surface area contributed by atoms with Crippen LogP contribution in [0, 0.1) is 25.7 Å². The molecule has 2 aromatic rings. The van der Waals surface area contributed by atoms with Crippen molar-refractivity contribution in [3.8, 4) is 0 Å². The average molecular weight is 420 g/mol. The molecule has 0 radical (unpaired) electrons. The van der Waals surface area contributed by atoms with Crippen LogP contribution in [0.15, 0.2) is 42.5 Å². The Morgan fingerprint density at radius 3 is 2.45 bits per heavy atom. The molecule has 3 N–H and O–H groups in total. The fourth-order valence-electron chi connectivity index (χ4n) is 4.83. The van der Waals surface area contributed by atoms with E-state index in [0.717, 1.165) is 49.9 Å². The van der Waals surface area contributed by atoms with Gasteiger partial charge in [-0.25, -0.2) is 0 Å². The van der Waals surface area contributed by atoms with Crippen LogP contribution >= 0.6 is 0 Å². The van der Waals surface area contributed by atoms with Gasteiger partial charge in [-0.1, -0.05) is 42.0 Å². The lowest BCUT2D eigenvalue weighted by Gasteiger charge is -2.29. The molecule has 5 heteroatoms. The predicted molar refractivity (Wildman–Crippen MR) is 124 cm³/mol. The SMILES string of the molecule is Cc1ccc(NC(=O)C2CCC(CNC(=O)[C@H]3Cc4ccccc4CN3)CC2)c(C)c1. The Balaban J connectivity index is 1.20. The number of rotatable bonds is 5. The molecular formula is C26H33N3O2. The molecule has 164 valence electrons. The van der Waals surface area contributed by atoms with Crippen molar-refractivity contribution < 1.29 is 9.59 Å². The highest BCUT2D eigenvalue weighted by atomic mass is 16.2. The quantitative estimate of drug-likeness (QED) is 0.689. The van der Waals surface area contributed by atoms with Crippen molar-refractivity contribution in [3.63, 3.8) is 0 Å². The van der Waals surface area contributed by atoms with Crippen LogP contribution in [0.4, 0.5) is 5.69 Å². The first-order valence-corrected chi connectivity index (χ1v) is 11.5. The second kappa shape index (κ2) is 9.65. The highest BCUT2D eigenvalue weighted by Crippen LogP contribution is 2.30. The molecule has 31 heavy (non-hydrogen) atoms. The number of carbonyl (C=O) groups excluding carboxylic acids is 2. The summed E-state index contributed by atoms with van der Waals surface area (Å²) in [6, 6.07) is 14.3. The van der Waals surface area contributed by atoms with Gasteiger partial charge in [0.1, 0.15) is 0 Å². The van der Waals surface area contributed by atoms with E-state index in [2.05, 4.69) is 41.1 Å². The molecule has 2 aliphatic rings. The van der Waals surface area contributed by atoms with Crippen LogP contribution in [0.2, 0.25) is 0 Å². The van der Waals surface area contributed by atoms with Crippen LogP contribution < -0.4 is 16.0 Å². The fraction of sp³-hybridized carbons (Fsp3) is 0.462. The zero-order valence-corrected chi connectivity index (χ0v) is 18.5. The topological polar surface area (TPSA) is 70.2 Å². The fourth-order valence-corrected chi connectivity index (χ4v) is 4.83. The van der Waals surface area contributed by atoms with Crippen LogP contribution in [0.25, 0.3) is 0 Å². The molecule has 1 heterocycles. The standard InChI is InChI=1S/C26H33N3O2/c1-17-7-12-23(18(2)13-17)29-25(30)20-10-8-19(9-11-20)15-28-26(31)24-14-21-5-3-4-6-22(21)16-27-24/h3-7,12-13,19-20,24,27H,8-11,14-16H2,1-2H3,(H,28,31)(H,29,30)/t19?,20?,24-/m1/s1. The predicted octanol–water partition coefficient (Wildman–Crippen LogP) is 3.88. The van der Waals surface area contributed by atoms with Crippen molar-refractivity contribution in [1.82, 2.24) is 10.6 Å². The summed E-state index contributed by atoms with van der Waals surface area (Å²) in [6.45, 7) is 5.53. The maximum atomic E-state index is 12.7. The van der Waals surface area contributed by atoms with Gasteiger partial charge >= 0.3 is 0 Å². The number of benzene rings is 2. The molecule has 4 rings (SSSR count). The number of hydrogen-bond acceptors (Lipinski definition) is 3. The molecule has 0 saturated heterocycles. The van der Waals surface area contributed by atoms with Crippen LogP contribution in [-0.4, -0.2) is 24.4 Å². The van der Waals surface area contributed by atoms with Crippen molar-refractivity contribution in [3.05, 3.63) is 64.7 Å². The van der Waals surface area contributed by atoms with E-state index in [4.69, 9.17) is 0 Å². The minimum atomic E-state index is -0.158. The number of amides is 2. The van der Waals surface area contributed by atoms with Crippen LogP contribution in [0.1, 0.15) is 47.9 Å². The molecule has 1 saturated carbocycles. The third kappa shape index (κ3) is 5.34. The number of fused-ring (bicyclic) bond motifs is 1. The minimum Gasteiger partial charge on any atom is -0.354 e. The van der Waals surface area contributed by atoms with E-state index < -0.39 is 0 Å². The summed E-state index contributed by atoms with van der Waals surface area (Å²) < 4.78 is 0. The van der Waals surface area contributed by atoms with Gasteiger partial charge in [0.15, 0.2) is 0 Å². The van der Waals surface area contributed by atoms with E-state index in [1.165, 1.54) is 16.7 Å². The van der Waals surface area contributed by atoms with E-state index in [1.807, 2.05) is 31.2 Å². The van der Waals surface area contributed by atoms with Crippen molar-refractivity contribution in [2.24, 2.45) is 11.8 Å². The van der Waals surface area contributed by atoms with Crippen molar-refractivity contribution in [2.45, 2.75) is 58.5 Å². The van der Waals surface area contributed by atoms with Crippen LogP contribution in [0.5, 0.6) is 0 Å². The molecule has 2 amide bonds. The molecule has 0 spiro atoms. The molecular weight excluding hydrogens is 386 g/mol. The summed E-state index contributed by atoms with van der Waals surface area (Å²) in [6.07, 6.45) is 4.46. The Kier molecular flexibility index (Phi) is 6.71. The zero-order chi connectivity index (χ0) is 21.8.